The van der Waals surface area contributed by atoms with Crippen LogP contribution in [0.5, 0.6) is 0 Å². The van der Waals surface area contributed by atoms with Crippen LogP contribution < -0.4 is 0 Å². The molecule has 0 amide bonds. The van der Waals surface area contributed by atoms with Crippen molar-refractivity contribution in [1.82, 2.24) is 0 Å². The molecule has 1 aromatic carbocycles. The van der Waals surface area contributed by atoms with Crippen molar-refractivity contribution in [2.24, 2.45) is 0 Å². The Morgan fingerprint density at radius 3 is 2.29 bits per heavy atom. The lowest BCUT2D eigenvalue weighted by atomic mass is 9.85. The van der Waals surface area contributed by atoms with Crippen LogP contribution in [0.25, 0.3) is 0 Å². The van der Waals surface area contributed by atoms with Crippen LogP contribution in [0.15, 0.2) is 12.1 Å². The van der Waals surface area contributed by atoms with E-state index in [2.05, 4.69) is 0 Å². The zero-order valence-electron chi connectivity index (χ0n) is 7.94. The van der Waals surface area contributed by atoms with Gasteiger partial charge in [-0.1, -0.05) is 25.4 Å². The summed E-state index contributed by atoms with van der Waals surface area (Å²) < 4.78 is 25.6. The molecule has 1 aromatic rings. The SMILES string of the molecule is CC(C)(CO)c1cc(F)c(F)cc1Cl. The summed E-state index contributed by atoms with van der Waals surface area (Å²) >= 11 is 5.75. The molecule has 0 aliphatic rings. The average molecular weight is 221 g/mol. The Balaban J connectivity index is 3.29. The summed E-state index contributed by atoms with van der Waals surface area (Å²) in [6, 6.07) is 1.94. The molecule has 0 heterocycles. The highest BCUT2D eigenvalue weighted by Crippen LogP contribution is 2.31. The first kappa shape index (κ1) is 11.4. The normalized spacial score (nSPS) is 11.9. The van der Waals surface area contributed by atoms with Gasteiger partial charge in [-0.25, -0.2) is 8.78 Å². The minimum absolute atomic E-state index is 0.128. The smallest absolute Gasteiger partial charge is 0.160 e. The molecular formula is C10H11ClF2O. The molecule has 1 rings (SSSR count). The number of aliphatic hydroxyl groups excluding tert-OH is 1. The van der Waals surface area contributed by atoms with Crippen LogP contribution in [0.1, 0.15) is 19.4 Å². The molecule has 1 nitrogen and oxygen atoms in total. The number of rotatable bonds is 2. The average Bonchev–Trinajstić information content (AvgIpc) is 2.11. The van der Waals surface area contributed by atoms with E-state index in [4.69, 9.17) is 16.7 Å². The van der Waals surface area contributed by atoms with Crippen molar-refractivity contribution in [1.29, 1.82) is 0 Å². The molecule has 0 unspecified atom stereocenters. The number of hydrogen-bond donors (Lipinski definition) is 1. The summed E-state index contributed by atoms with van der Waals surface area (Å²) in [6.07, 6.45) is 0. The number of halogens is 3. The van der Waals surface area contributed by atoms with Gasteiger partial charge >= 0.3 is 0 Å². The predicted octanol–water partition coefficient (Wildman–Crippen LogP) is 2.89. The van der Waals surface area contributed by atoms with Gasteiger partial charge < -0.3 is 5.11 Å². The van der Waals surface area contributed by atoms with E-state index >= 15 is 0 Å². The third-order valence-electron chi connectivity index (χ3n) is 2.13. The number of benzene rings is 1. The van der Waals surface area contributed by atoms with Crippen LogP contribution in [-0.2, 0) is 5.41 Å². The first-order valence-corrected chi connectivity index (χ1v) is 4.52. The Bertz CT molecular complexity index is 350. The Morgan fingerprint density at radius 2 is 1.79 bits per heavy atom. The van der Waals surface area contributed by atoms with E-state index in [1.165, 1.54) is 0 Å². The third-order valence-corrected chi connectivity index (χ3v) is 2.45. The van der Waals surface area contributed by atoms with Crippen LogP contribution >= 0.6 is 11.6 Å². The maximum atomic E-state index is 12.9. The van der Waals surface area contributed by atoms with E-state index in [1.54, 1.807) is 13.8 Å². The predicted molar refractivity (Wildman–Crippen MR) is 51.5 cm³/mol. The van der Waals surface area contributed by atoms with Crippen molar-refractivity contribution in [3.8, 4) is 0 Å². The van der Waals surface area contributed by atoms with Crippen molar-refractivity contribution in [3.05, 3.63) is 34.4 Å². The van der Waals surface area contributed by atoms with Gasteiger partial charge in [0.15, 0.2) is 11.6 Å². The lowest BCUT2D eigenvalue weighted by Crippen LogP contribution is -2.23. The quantitative estimate of drug-likeness (QED) is 0.760. The molecule has 0 spiro atoms. The van der Waals surface area contributed by atoms with Gasteiger partial charge in [-0.15, -0.1) is 0 Å². The van der Waals surface area contributed by atoms with E-state index in [-0.39, 0.29) is 11.6 Å². The second-order valence-electron chi connectivity index (χ2n) is 3.79. The van der Waals surface area contributed by atoms with E-state index in [0.717, 1.165) is 12.1 Å². The molecule has 1 N–H and O–H groups in total. The van der Waals surface area contributed by atoms with Crippen LogP contribution in [0.3, 0.4) is 0 Å². The van der Waals surface area contributed by atoms with Gasteiger partial charge in [0, 0.05) is 10.4 Å². The summed E-state index contributed by atoms with van der Waals surface area (Å²) in [5.41, 5.74) is -0.272. The van der Waals surface area contributed by atoms with Crippen LogP contribution in [0, 0.1) is 11.6 Å². The highest BCUT2D eigenvalue weighted by atomic mass is 35.5. The fourth-order valence-corrected chi connectivity index (χ4v) is 1.53. The van der Waals surface area contributed by atoms with Crippen LogP contribution in [-0.4, -0.2) is 11.7 Å². The van der Waals surface area contributed by atoms with E-state index in [9.17, 15) is 8.78 Å². The molecule has 14 heavy (non-hydrogen) atoms. The van der Waals surface area contributed by atoms with Gasteiger partial charge in [0.05, 0.1) is 6.61 Å². The standard InChI is InChI=1S/C10H11ClF2O/c1-10(2,5-14)6-3-8(12)9(13)4-7(6)11/h3-4,14H,5H2,1-2H3. The minimum Gasteiger partial charge on any atom is -0.395 e. The Hall–Kier alpha value is -0.670. The molecule has 0 aromatic heterocycles. The minimum atomic E-state index is -0.979. The van der Waals surface area contributed by atoms with Gasteiger partial charge in [0.1, 0.15) is 0 Å². The Labute approximate surface area is 86.3 Å². The maximum Gasteiger partial charge on any atom is 0.160 e. The summed E-state index contributed by atoms with van der Waals surface area (Å²) in [6.45, 7) is 3.22. The number of hydrogen-bond acceptors (Lipinski definition) is 1. The first-order chi connectivity index (χ1) is 6.38. The topological polar surface area (TPSA) is 20.2 Å². The maximum absolute atomic E-state index is 12.9. The third kappa shape index (κ3) is 2.04. The molecule has 0 radical (unpaired) electrons. The molecular weight excluding hydrogens is 210 g/mol. The molecule has 0 bridgehead atoms. The van der Waals surface area contributed by atoms with Crippen LogP contribution in [0.4, 0.5) is 8.78 Å². The number of aliphatic hydroxyl groups is 1. The second kappa shape index (κ2) is 3.83. The fourth-order valence-electron chi connectivity index (χ4n) is 1.13. The van der Waals surface area contributed by atoms with E-state index in [0.29, 0.717) is 5.56 Å². The molecule has 78 valence electrons. The Kier molecular flexibility index (Phi) is 3.12. The monoisotopic (exact) mass is 220 g/mol. The van der Waals surface area contributed by atoms with Gasteiger partial charge in [0.2, 0.25) is 0 Å². The molecule has 0 aliphatic carbocycles. The Morgan fingerprint density at radius 1 is 1.29 bits per heavy atom. The van der Waals surface area contributed by atoms with Crippen molar-refractivity contribution in [2.45, 2.75) is 19.3 Å². The van der Waals surface area contributed by atoms with Crippen molar-refractivity contribution in [2.75, 3.05) is 6.61 Å². The highest BCUT2D eigenvalue weighted by Gasteiger charge is 2.24. The fraction of sp³-hybridized carbons (Fsp3) is 0.400. The van der Waals surface area contributed by atoms with Gasteiger partial charge in [0.25, 0.3) is 0 Å². The first-order valence-electron chi connectivity index (χ1n) is 4.14. The lowest BCUT2D eigenvalue weighted by Gasteiger charge is -2.23. The molecule has 0 aliphatic heterocycles. The largest absolute Gasteiger partial charge is 0.395 e. The van der Waals surface area contributed by atoms with Crippen LogP contribution in [0.2, 0.25) is 5.02 Å². The zero-order valence-corrected chi connectivity index (χ0v) is 8.70. The van der Waals surface area contributed by atoms with Gasteiger partial charge in [-0.3, -0.25) is 0 Å². The van der Waals surface area contributed by atoms with Crippen molar-refractivity contribution < 1.29 is 13.9 Å². The molecule has 4 heteroatoms. The van der Waals surface area contributed by atoms with Crippen molar-refractivity contribution >= 4 is 11.6 Å². The zero-order chi connectivity index (χ0) is 10.9. The lowest BCUT2D eigenvalue weighted by molar-refractivity contribution is 0.218. The van der Waals surface area contributed by atoms with Gasteiger partial charge in [-0.2, -0.15) is 0 Å². The molecule has 0 atom stereocenters. The summed E-state index contributed by atoms with van der Waals surface area (Å²) in [5.74, 6) is -1.93. The molecule has 0 saturated carbocycles. The summed E-state index contributed by atoms with van der Waals surface area (Å²) in [5, 5.41) is 9.18. The highest BCUT2D eigenvalue weighted by molar-refractivity contribution is 6.31. The summed E-state index contributed by atoms with van der Waals surface area (Å²) in [4.78, 5) is 0. The van der Waals surface area contributed by atoms with Crippen molar-refractivity contribution in [3.63, 3.8) is 0 Å². The second-order valence-corrected chi connectivity index (χ2v) is 4.20. The van der Waals surface area contributed by atoms with E-state index in [1.807, 2.05) is 0 Å². The molecule has 0 fully saturated rings. The van der Waals surface area contributed by atoms with E-state index < -0.39 is 17.0 Å². The summed E-state index contributed by atoms with van der Waals surface area (Å²) in [7, 11) is 0. The molecule has 0 saturated heterocycles. The van der Waals surface area contributed by atoms with Gasteiger partial charge in [-0.05, 0) is 17.7 Å².